The van der Waals surface area contributed by atoms with Crippen LogP contribution in [0.4, 0.5) is 0 Å². The van der Waals surface area contributed by atoms with Crippen LogP contribution >= 0.6 is 11.6 Å². The molecule has 25 heavy (non-hydrogen) atoms. The molecule has 136 valence electrons. The van der Waals surface area contributed by atoms with Crippen LogP contribution in [0.2, 0.25) is 5.02 Å². The highest BCUT2D eigenvalue weighted by atomic mass is 35.5. The standard InChI is InChI=1S/C16H19ClN2O5S/c1-24-16(21)13-7-9-19(10-8-13)25(22,23)18-15(20)6-5-12-3-2-4-14(17)11-12/h2-6,11,13H,7-10H2,1H3,(H,18,20)/b6-5+. The summed E-state index contributed by atoms with van der Waals surface area (Å²) < 4.78 is 32.3. The van der Waals surface area contributed by atoms with Gasteiger partial charge in [0.05, 0.1) is 13.0 Å². The second kappa shape index (κ2) is 8.46. The molecule has 1 amide bonds. The third-order valence-corrected chi connectivity index (χ3v) is 5.57. The van der Waals surface area contributed by atoms with Gasteiger partial charge in [0.1, 0.15) is 0 Å². The zero-order valence-corrected chi connectivity index (χ0v) is 15.2. The van der Waals surface area contributed by atoms with Gasteiger partial charge >= 0.3 is 16.2 Å². The van der Waals surface area contributed by atoms with Gasteiger partial charge in [0, 0.05) is 24.2 Å². The molecule has 0 spiro atoms. The minimum Gasteiger partial charge on any atom is -0.469 e. The largest absolute Gasteiger partial charge is 0.469 e. The molecule has 1 N–H and O–H groups in total. The molecule has 1 aromatic carbocycles. The highest BCUT2D eigenvalue weighted by molar-refractivity contribution is 7.87. The third-order valence-electron chi connectivity index (χ3n) is 3.83. The molecule has 1 aromatic rings. The van der Waals surface area contributed by atoms with Crippen LogP contribution < -0.4 is 4.72 Å². The number of benzene rings is 1. The lowest BCUT2D eigenvalue weighted by Crippen LogP contribution is -2.47. The number of piperidine rings is 1. The number of halogens is 1. The first-order valence-corrected chi connectivity index (χ1v) is 9.47. The van der Waals surface area contributed by atoms with Crippen molar-refractivity contribution >= 4 is 39.8 Å². The van der Waals surface area contributed by atoms with Gasteiger partial charge in [-0.25, -0.2) is 4.72 Å². The van der Waals surface area contributed by atoms with Crippen LogP contribution in [-0.4, -0.2) is 44.8 Å². The molecule has 0 unspecified atom stereocenters. The molecular formula is C16H19ClN2O5S. The van der Waals surface area contributed by atoms with Gasteiger partial charge in [0.25, 0.3) is 5.91 Å². The van der Waals surface area contributed by atoms with E-state index < -0.39 is 16.1 Å². The molecular weight excluding hydrogens is 368 g/mol. The molecule has 0 bridgehead atoms. The first kappa shape index (κ1) is 19.4. The molecule has 0 aromatic heterocycles. The fourth-order valence-corrected chi connectivity index (χ4v) is 3.85. The van der Waals surface area contributed by atoms with E-state index in [2.05, 4.69) is 4.74 Å². The Morgan fingerprint density at radius 1 is 1.32 bits per heavy atom. The molecule has 0 radical (unpaired) electrons. The second-order valence-corrected chi connectivity index (χ2v) is 7.66. The van der Waals surface area contributed by atoms with Crippen molar-refractivity contribution in [1.29, 1.82) is 0 Å². The van der Waals surface area contributed by atoms with Crippen molar-refractivity contribution in [3.05, 3.63) is 40.9 Å². The van der Waals surface area contributed by atoms with Crippen LogP contribution in [0.15, 0.2) is 30.3 Å². The highest BCUT2D eigenvalue weighted by Crippen LogP contribution is 2.20. The lowest BCUT2D eigenvalue weighted by atomic mass is 9.99. The predicted molar refractivity (Wildman–Crippen MR) is 93.9 cm³/mol. The van der Waals surface area contributed by atoms with Gasteiger partial charge in [-0.2, -0.15) is 12.7 Å². The van der Waals surface area contributed by atoms with Crippen LogP contribution in [0, 0.1) is 5.92 Å². The highest BCUT2D eigenvalue weighted by Gasteiger charge is 2.32. The van der Waals surface area contributed by atoms with Gasteiger partial charge in [-0.15, -0.1) is 0 Å². The predicted octanol–water partition coefficient (Wildman–Crippen LogP) is 1.60. The number of amides is 1. The van der Waals surface area contributed by atoms with Gasteiger partial charge in [-0.1, -0.05) is 23.7 Å². The summed E-state index contributed by atoms with van der Waals surface area (Å²) in [6, 6.07) is 6.81. The maximum Gasteiger partial charge on any atom is 0.308 e. The first-order chi connectivity index (χ1) is 11.8. The van der Waals surface area contributed by atoms with E-state index in [4.69, 9.17) is 11.6 Å². The van der Waals surface area contributed by atoms with Crippen molar-refractivity contribution < 1.29 is 22.7 Å². The summed E-state index contributed by atoms with van der Waals surface area (Å²) in [4.78, 5) is 23.3. The summed E-state index contributed by atoms with van der Waals surface area (Å²) in [5.74, 6) is -1.41. The number of ether oxygens (including phenoxy) is 1. The molecule has 0 atom stereocenters. The topological polar surface area (TPSA) is 92.8 Å². The molecule has 1 fully saturated rings. The monoisotopic (exact) mass is 386 g/mol. The molecule has 1 aliphatic heterocycles. The Kier molecular flexibility index (Phi) is 6.57. The number of hydrogen-bond donors (Lipinski definition) is 1. The lowest BCUT2D eigenvalue weighted by molar-refractivity contribution is -0.146. The zero-order chi connectivity index (χ0) is 18.4. The van der Waals surface area contributed by atoms with E-state index in [1.165, 1.54) is 13.2 Å². The Balaban J connectivity index is 1.92. The first-order valence-electron chi connectivity index (χ1n) is 7.65. The third kappa shape index (κ3) is 5.55. The molecule has 2 rings (SSSR count). The second-order valence-electron chi connectivity index (χ2n) is 5.56. The number of hydrogen-bond acceptors (Lipinski definition) is 5. The summed E-state index contributed by atoms with van der Waals surface area (Å²) in [5, 5.41) is 0.517. The zero-order valence-electron chi connectivity index (χ0n) is 13.6. The molecule has 1 heterocycles. The Morgan fingerprint density at radius 3 is 2.60 bits per heavy atom. The van der Waals surface area contributed by atoms with Crippen molar-refractivity contribution in [2.24, 2.45) is 5.92 Å². The van der Waals surface area contributed by atoms with Gasteiger partial charge in [-0.3, -0.25) is 9.59 Å². The molecule has 9 heteroatoms. The fourth-order valence-electron chi connectivity index (χ4n) is 2.51. The summed E-state index contributed by atoms with van der Waals surface area (Å²) >= 11 is 5.84. The Morgan fingerprint density at radius 2 is 2.00 bits per heavy atom. The summed E-state index contributed by atoms with van der Waals surface area (Å²) in [5.41, 5.74) is 0.680. The van der Waals surface area contributed by atoms with E-state index in [-0.39, 0.29) is 25.0 Å². The van der Waals surface area contributed by atoms with E-state index in [1.54, 1.807) is 24.3 Å². The van der Waals surface area contributed by atoms with Crippen molar-refractivity contribution in [3.63, 3.8) is 0 Å². The Bertz CT molecular complexity index is 770. The Labute approximate surface area is 151 Å². The van der Waals surface area contributed by atoms with E-state index in [0.717, 1.165) is 10.4 Å². The number of carbonyl (C=O) groups is 2. The smallest absolute Gasteiger partial charge is 0.308 e. The lowest BCUT2D eigenvalue weighted by Gasteiger charge is -2.29. The molecule has 0 saturated carbocycles. The summed E-state index contributed by atoms with van der Waals surface area (Å²) in [7, 11) is -2.64. The molecule has 1 saturated heterocycles. The van der Waals surface area contributed by atoms with Gasteiger partial charge in [-0.05, 0) is 36.6 Å². The minimum atomic E-state index is -3.95. The number of nitrogens with one attached hydrogen (secondary N) is 1. The number of esters is 1. The fraction of sp³-hybridized carbons (Fsp3) is 0.375. The molecule has 1 aliphatic rings. The van der Waals surface area contributed by atoms with Gasteiger partial charge in [0.15, 0.2) is 0 Å². The normalized spacial score (nSPS) is 16.7. The van der Waals surface area contributed by atoms with Gasteiger partial charge < -0.3 is 4.74 Å². The maximum absolute atomic E-state index is 12.2. The van der Waals surface area contributed by atoms with Crippen LogP contribution in [0.25, 0.3) is 6.08 Å². The quantitative estimate of drug-likeness (QED) is 0.613. The van der Waals surface area contributed by atoms with Crippen LogP contribution in [-0.2, 0) is 24.5 Å². The van der Waals surface area contributed by atoms with E-state index in [1.807, 2.05) is 4.72 Å². The number of rotatable bonds is 5. The van der Waals surface area contributed by atoms with Crippen LogP contribution in [0.3, 0.4) is 0 Å². The number of nitrogens with zero attached hydrogens (tertiary/aromatic N) is 1. The number of carbonyl (C=O) groups excluding carboxylic acids is 2. The maximum atomic E-state index is 12.2. The van der Waals surface area contributed by atoms with Crippen molar-refractivity contribution in [1.82, 2.24) is 9.03 Å². The summed E-state index contributed by atoms with van der Waals surface area (Å²) in [6.07, 6.45) is 3.32. The molecule has 7 nitrogen and oxygen atoms in total. The van der Waals surface area contributed by atoms with E-state index in [9.17, 15) is 18.0 Å². The number of methoxy groups -OCH3 is 1. The average molecular weight is 387 g/mol. The minimum absolute atomic E-state index is 0.153. The van der Waals surface area contributed by atoms with Crippen molar-refractivity contribution in [2.45, 2.75) is 12.8 Å². The van der Waals surface area contributed by atoms with Crippen molar-refractivity contribution in [2.75, 3.05) is 20.2 Å². The van der Waals surface area contributed by atoms with Crippen LogP contribution in [0.1, 0.15) is 18.4 Å². The van der Waals surface area contributed by atoms with Crippen LogP contribution in [0.5, 0.6) is 0 Å². The molecule has 0 aliphatic carbocycles. The SMILES string of the molecule is COC(=O)C1CCN(S(=O)(=O)NC(=O)/C=C/c2cccc(Cl)c2)CC1. The summed E-state index contributed by atoms with van der Waals surface area (Å²) in [6.45, 7) is 0.306. The van der Waals surface area contributed by atoms with Gasteiger partial charge in [0.2, 0.25) is 0 Å². The van der Waals surface area contributed by atoms with Crippen molar-refractivity contribution in [3.8, 4) is 0 Å². The van der Waals surface area contributed by atoms with E-state index in [0.29, 0.717) is 23.4 Å². The Hall–Kier alpha value is -1.90. The average Bonchev–Trinajstić information content (AvgIpc) is 2.59. The van der Waals surface area contributed by atoms with E-state index >= 15 is 0 Å².